The zero-order chi connectivity index (χ0) is 19.6. The van der Waals surface area contributed by atoms with E-state index in [2.05, 4.69) is 5.32 Å². The molecule has 0 spiro atoms. The van der Waals surface area contributed by atoms with E-state index in [1.54, 1.807) is 19.2 Å². The molecule has 0 heterocycles. The summed E-state index contributed by atoms with van der Waals surface area (Å²) in [6.45, 7) is 1.87. The first-order chi connectivity index (χ1) is 13.0. The highest BCUT2D eigenvalue weighted by atomic mass is 32.2. The predicted molar refractivity (Wildman–Crippen MR) is 102 cm³/mol. The van der Waals surface area contributed by atoms with Gasteiger partial charge in [0.05, 0.1) is 13.5 Å². The standard InChI is InChI=1S/C20H22FNO4S/c1-14(20(24)22-13-15-3-7-17(25-2)8-4-15)26-19(23)11-12-27-18-9-5-16(21)6-10-18/h3-10,14H,11-13H2,1-2H3,(H,22,24)/t14-/m0/s1. The Labute approximate surface area is 162 Å². The van der Waals surface area contributed by atoms with Crippen molar-refractivity contribution in [3.63, 3.8) is 0 Å². The number of amides is 1. The Morgan fingerprint density at radius 1 is 1.11 bits per heavy atom. The van der Waals surface area contributed by atoms with Gasteiger partial charge in [-0.25, -0.2) is 4.39 Å². The van der Waals surface area contributed by atoms with E-state index >= 15 is 0 Å². The van der Waals surface area contributed by atoms with Crippen molar-refractivity contribution >= 4 is 23.6 Å². The lowest BCUT2D eigenvalue weighted by molar-refractivity contribution is -0.154. The number of methoxy groups -OCH3 is 1. The summed E-state index contributed by atoms with van der Waals surface area (Å²) < 4.78 is 23.1. The number of nitrogens with one attached hydrogen (secondary N) is 1. The summed E-state index contributed by atoms with van der Waals surface area (Å²) in [6.07, 6.45) is -0.704. The van der Waals surface area contributed by atoms with Crippen molar-refractivity contribution in [2.45, 2.75) is 30.9 Å². The van der Waals surface area contributed by atoms with Gasteiger partial charge in [0.2, 0.25) is 0 Å². The molecule has 0 unspecified atom stereocenters. The summed E-state index contributed by atoms with van der Waals surface area (Å²) in [5.74, 6) is 0.131. The van der Waals surface area contributed by atoms with E-state index in [0.29, 0.717) is 12.3 Å². The Hall–Kier alpha value is -2.54. The van der Waals surface area contributed by atoms with Gasteiger partial charge in [0.25, 0.3) is 5.91 Å². The lowest BCUT2D eigenvalue weighted by Crippen LogP contribution is -2.35. The molecular formula is C20H22FNO4S. The number of rotatable bonds is 9. The van der Waals surface area contributed by atoms with Crippen molar-refractivity contribution < 1.29 is 23.5 Å². The molecule has 0 aromatic heterocycles. The minimum absolute atomic E-state index is 0.165. The van der Waals surface area contributed by atoms with Crippen LogP contribution in [-0.2, 0) is 20.9 Å². The smallest absolute Gasteiger partial charge is 0.307 e. The average molecular weight is 391 g/mol. The van der Waals surface area contributed by atoms with E-state index in [0.717, 1.165) is 16.2 Å². The molecule has 2 aromatic carbocycles. The number of benzene rings is 2. The van der Waals surface area contributed by atoms with Crippen LogP contribution in [0.1, 0.15) is 18.9 Å². The maximum atomic E-state index is 12.8. The fourth-order valence-electron chi connectivity index (χ4n) is 2.17. The minimum Gasteiger partial charge on any atom is -0.497 e. The topological polar surface area (TPSA) is 64.6 Å². The number of hydrogen-bond donors (Lipinski definition) is 1. The summed E-state index contributed by atoms with van der Waals surface area (Å²) >= 11 is 1.43. The van der Waals surface area contributed by atoms with Gasteiger partial charge in [-0.05, 0) is 48.9 Å². The fourth-order valence-corrected chi connectivity index (χ4v) is 3.00. The van der Waals surface area contributed by atoms with Gasteiger partial charge < -0.3 is 14.8 Å². The fraction of sp³-hybridized carbons (Fsp3) is 0.300. The maximum absolute atomic E-state index is 12.8. The van der Waals surface area contributed by atoms with E-state index in [1.165, 1.54) is 30.8 Å². The third-order valence-corrected chi connectivity index (χ3v) is 4.71. The molecule has 0 aliphatic heterocycles. The van der Waals surface area contributed by atoms with Gasteiger partial charge in [0.1, 0.15) is 11.6 Å². The number of carbonyl (C=O) groups is 2. The van der Waals surface area contributed by atoms with E-state index in [4.69, 9.17) is 9.47 Å². The van der Waals surface area contributed by atoms with E-state index in [1.807, 2.05) is 24.3 Å². The molecule has 0 saturated carbocycles. The molecular weight excluding hydrogens is 369 g/mol. The summed E-state index contributed by atoms with van der Waals surface area (Å²) in [5, 5.41) is 2.73. The van der Waals surface area contributed by atoms with Crippen LogP contribution in [0.15, 0.2) is 53.4 Å². The lowest BCUT2D eigenvalue weighted by atomic mass is 10.2. The Bertz CT molecular complexity index is 750. The Balaban J connectivity index is 1.67. The van der Waals surface area contributed by atoms with Crippen molar-refractivity contribution in [3.8, 4) is 5.75 Å². The molecule has 7 heteroatoms. The predicted octanol–water partition coefficient (Wildman–Crippen LogP) is 3.56. The quantitative estimate of drug-likeness (QED) is 0.523. The molecule has 1 N–H and O–H groups in total. The van der Waals surface area contributed by atoms with Crippen molar-refractivity contribution in [3.05, 3.63) is 59.9 Å². The third-order valence-electron chi connectivity index (χ3n) is 3.69. The number of thioether (sulfide) groups is 1. The van der Waals surface area contributed by atoms with Crippen LogP contribution in [0.5, 0.6) is 5.75 Å². The summed E-state index contributed by atoms with van der Waals surface area (Å²) in [6, 6.07) is 13.4. The molecule has 2 rings (SSSR count). The number of halogens is 1. The van der Waals surface area contributed by atoms with Crippen LogP contribution >= 0.6 is 11.8 Å². The Morgan fingerprint density at radius 3 is 2.41 bits per heavy atom. The van der Waals surface area contributed by atoms with Crippen molar-refractivity contribution in [2.75, 3.05) is 12.9 Å². The first-order valence-electron chi connectivity index (χ1n) is 8.46. The summed E-state index contributed by atoms with van der Waals surface area (Å²) in [7, 11) is 1.59. The van der Waals surface area contributed by atoms with E-state index in [9.17, 15) is 14.0 Å². The average Bonchev–Trinajstić information content (AvgIpc) is 2.68. The Kier molecular flexibility index (Phi) is 8.13. The second-order valence-corrected chi connectivity index (χ2v) is 6.92. The number of esters is 1. The van der Waals surface area contributed by atoms with Gasteiger partial charge in [0, 0.05) is 17.2 Å². The zero-order valence-corrected chi connectivity index (χ0v) is 16.1. The summed E-state index contributed by atoms with van der Waals surface area (Å²) in [5.41, 5.74) is 0.915. The molecule has 0 bridgehead atoms. The van der Waals surface area contributed by atoms with Gasteiger partial charge in [-0.1, -0.05) is 12.1 Å². The molecule has 0 aliphatic carbocycles. The highest BCUT2D eigenvalue weighted by Gasteiger charge is 2.17. The Morgan fingerprint density at radius 2 is 1.78 bits per heavy atom. The zero-order valence-electron chi connectivity index (χ0n) is 15.2. The van der Waals surface area contributed by atoms with Crippen molar-refractivity contribution in [2.24, 2.45) is 0 Å². The SMILES string of the molecule is COc1ccc(CNC(=O)[C@H](C)OC(=O)CCSc2ccc(F)cc2)cc1. The second kappa shape index (κ2) is 10.6. The summed E-state index contributed by atoms with van der Waals surface area (Å²) in [4.78, 5) is 24.8. The third kappa shape index (κ3) is 7.30. The highest BCUT2D eigenvalue weighted by molar-refractivity contribution is 7.99. The van der Waals surface area contributed by atoms with Gasteiger partial charge in [-0.3, -0.25) is 9.59 Å². The molecule has 1 atom stereocenters. The van der Waals surface area contributed by atoms with Crippen molar-refractivity contribution in [1.29, 1.82) is 0 Å². The van der Waals surface area contributed by atoms with Crippen LogP contribution in [0, 0.1) is 5.82 Å². The monoisotopic (exact) mass is 391 g/mol. The molecule has 0 saturated heterocycles. The van der Waals surface area contributed by atoms with E-state index in [-0.39, 0.29) is 18.1 Å². The molecule has 0 fully saturated rings. The molecule has 0 aliphatic rings. The maximum Gasteiger partial charge on any atom is 0.307 e. The van der Waals surface area contributed by atoms with Crippen LogP contribution in [0.2, 0.25) is 0 Å². The van der Waals surface area contributed by atoms with Crippen LogP contribution in [0.3, 0.4) is 0 Å². The lowest BCUT2D eigenvalue weighted by Gasteiger charge is -2.13. The minimum atomic E-state index is -0.869. The van der Waals surface area contributed by atoms with Gasteiger partial charge in [-0.2, -0.15) is 0 Å². The molecule has 0 radical (unpaired) electrons. The first-order valence-corrected chi connectivity index (χ1v) is 9.45. The van der Waals surface area contributed by atoms with Crippen molar-refractivity contribution in [1.82, 2.24) is 5.32 Å². The van der Waals surface area contributed by atoms with Gasteiger partial charge in [0.15, 0.2) is 6.10 Å². The largest absolute Gasteiger partial charge is 0.497 e. The van der Waals surface area contributed by atoms with Crippen LogP contribution in [-0.4, -0.2) is 30.8 Å². The first kappa shape index (κ1) is 20.8. The molecule has 27 heavy (non-hydrogen) atoms. The molecule has 1 amide bonds. The normalized spacial score (nSPS) is 11.5. The second-order valence-electron chi connectivity index (χ2n) is 5.75. The number of ether oxygens (including phenoxy) is 2. The highest BCUT2D eigenvalue weighted by Crippen LogP contribution is 2.19. The van der Waals surface area contributed by atoms with E-state index < -0.39 is 12.1 Å². The molecule has 2 aromatic rings. The van der Waals surface area contributed by atoms with Gasteiger partial charge in [-0.15, -0.1) is 11.8 Å². The molecule has 144 valence electrons. The van der Waals surface area contributed by atoms with Crippen LogP contribution < -0.4 is 10.1 Å². The molecule has 5 nitrogen and oxygen atoms in total. The van der Waals surface area contributed by atoms with Gasteiger partial charge >= 0.3 is 5.97 Å². The van der Waals surface area contributed by atoms with Crippen LogP contribution in [0.4, 0.5) is 4.39 Å². The number of carbonyl (C=O) groups excluding carboxylic acids is 2. The van der Waals surface area contributed by atoms with Crippen LogP contribution in [0.25, 0.3) is 0 Å². The number of hydrogen-bond acceptors (Lipinski definition) is 5.